The van der Waals surface area contributed by atoms with Crippen LogP contribution in [0.2, 0.25) is 10.0 Å². The Labute approximate surface area is 337 Å². The molecule has 4 rings (SSSR count). The van der Waals surface area contributed by atoms with Gasteiger partial charge in [-0.1, -0.05) is 47.5 Å². The number of phenols is 2. The maximum absolute atomic E-state index is 12.4. The molecule has 0 fully saturated rings. The molecule has 1 unspecified atom stereocenters. The quantitative estimate of drug-likeness (QED) is 0.0439. The molecule has 0 radical (unpaired) electrons. The number of carboxylic acids is 1. The number of phenolic OH excluding ortho intramolecular Hbond substituents is 2. The first-order valence-electron chi connectivity index (χ1n) is 16.5. The molecule has 17 nitrogen and oxygen atoms in total. The number of nitrogens with two attached hydrogens (primary N) is 1. The summed E-state index contributed by atoms with van der Waals surface area (Å²) >= 11 is 12.1. The van der Waals surface area contributed by atoms with Crippen LogP contribution >= 0.6 is 23.2 Å². The molecule has 0 aromatic heterocycles. The maximum atomic E-state index is 12.4. The lowest BCUT2D eigenvalue weighted by atomic mass is 10.1. The number of aliphatic hydroxyl groups excluding tert-OH is 2. The van der Waals surface area contributed by atoms with E-state index in [1.54, 1.807) is 38.1 Å². The van der Waals surface area contributed by atoms with Crippen molar-refractivity contribution in [2.24, 2.45) is 5.84 Å². The number of nitrogens with one attached hydrogen (secondary N) is 5. The van der Waals surface area contributed by atoms with E-state index >= 15 is 0 Å². The number of hydrazine groups is 2. The number of nitrogens with zero attached hydrogens (tertiary/aromatic N) is 2. The summed E-state index contributed by atoms with van der Waals surface area (Å²) in [6.07, 6.45) is -2.15. The number of aromatic hydroxyl groups is 2. The van der Waals surface area contributed by atoms with Crippen molar-refractivity contribution in [1.29, 1.82) is 0 Å². The highest BCUT2D eigenvalue weighted by atomic mass is 35.5. The van der Waals surface area contributed by atoms with Crippen molar-refractivity contribution in [2.75, 3.05) is 10.6 Å². The third-order valence-electron chi connectivity index (χ3n) is 7.76. The van der Waals surface area contributed by atoms with E-state index in [1.165, 1.54) is 62.4 Å². The van der Waals surface area contributed by atoms with Gasteiger partial charge in [0.2, 0.25) is 11.4 Å². The third-order valence-corrected chi connectivity index (χ3v) is 8.71. The number of aliphatic hydroxyl groups is 2. The van der Waals surface area contributed by atoms with Crippen LogP contribution in [0.15, 0.2) is 72.8 Å². The minimum absolute atomic E-state index is 0.0473. The second-order valence-corrected chi connectivity index (χ2v) is 12.7. The summed E-state index contributed by atoms with van der Waals surface area (Å²) < 4.78 is 0. The molecule has 19 heteroatoms. The van der Waals surface area contributed by atoms with Crippen molar-refractivity contribution >= 4 is 69.6 Å². The second kappa shape index (κ2) is 22.1. The minimum Gasteiger partial charge on any atom is -0.508 e. The minimum atomic E-state index is -1.16. The van der Waals surface area contributed by atoms with Crippen molar-refractivity contribution in [3.63, 3.8) is 0 Å². The van der Waals surface area contributed by atoms with Gasteiger partial charge < -0.3 is 36.2 Å². The lowest BCUT2D eigenvalue weighted by Crippen LogP contribution is -2.52. The predicted octanol–water partition coefficient (Wildman–Crippen LogP) is 4.97. The summed E-state index contributed by atoms with van der Waals surface area (Å²) in [4.78, 5) is 52.8. The molecule has 0 bridgehead atoms. The number of carboxylic acid groups (broad SMARTS) is 1. The fraction of sp³-hybridized carbons (Fsp3) is 0.211. The van der Waals surface area contributed by atoms with Gasteiger partial charge in [-0.15, -0.1) is 0 Å². The smallest absolute Gasteiger partial charge is 0.328 e. The van der Waals surface area contributed by atoms with E-state index in [0.29, 0.717) is 33.8 Å². The summed E-state index contributed by atoms with van der Waals surface area (Å²) in [5.74, 6) is 1.94. The molecule has 0 aliphatic heterocycles. The fourth-order valence-corrected chi connectivity index (χ4v) is 5.02. The van der Waals surface area contributed by atoms with Crippen LogP contribution in [0.5, 0.6) is 11.5 Å². The number of rotatable bonds is 10. The fourth-order valence-electron chi connectivity index (χ4n) is 4.60. The van der Waals surface area contributed by atoms with E-state index in [9.17, 15) is 34.5 Å². The van der Waals surface area contributed by atoms with Gasteiger partial charge >= 0.3 is 5.97 Å². The first-order chi connectivity index (χ1) is 26.9. The summed E-state index contributed by atoms with van der Waals surface area (Å²) in [6, 6.07) is 15.5. The number of anilines is 2. The van der Waals surface area contributed by atoms with E-state index < -0.39 is 48.0 Å². The Morgan fingerprint density at radius 3 is 1.47 bits per heavy atom. The predicted molar refractivity (Wildman–Crippen MR) is 214 cm³/mol. The molecule has 3 amide bonds. The zero-order valence-corrected chi connectivity index (χ0v) is 32.3. The highest BCUT2D eigenvalue weighted by Crippen LogP contribution is 2.34. The molecule has 4 atom stereocenters. The van der Waals surface area contributed by atoms with Crippen LogP contribution in [0.1, 0.15) is 45.7 Å². The van der Waals surface area contributed by atoms with Gasteiger partial charge in [0.25, 0.3) is 17.7 Å². The normalized spacial score (nSPS) is 12.1. The Morgan fingerprint density at radius 1 is 0.684 bits per heavy atom. The van der Waals surface area contributed by atoms with Crippen molar-refractivity contribution < 1.29 is 44.7 Å². The number of aliphatic carboxylic acids is 1. The van der Waals surface area contributed by atoms with Crippen LogP contribution in [0.4, 0.5) is 22.7 Å². The monoisotopic (exact) mass is 822 g/mol. The molecule has 0 saturated heterocycles. The Hall–Kier alpha value is -6.60. The zero-order valence-electron chi connectivity index (χ0n) is 30.8. The van der Waals surface area contributed by atoms with Gasteiger partial charge in [-0.2, -0.15) is 0 Å². The van der Waals surface area contributed by atoms with Gasteiger partial charge in [-0.25, -0.2) is 20.3 Å². The molecule has 4 aromatic carbocycles. The maximum Gasteiger partial charge on any atom is 0.328 e. The van der Waals surface area contributed by atoms with Crippen molar-refractivity contribution in [3.8, 4) is 11.5 Å². The van der Waals surface area contributed by atoms with Gasteiger partial charge in [-0.3, -0.25) is 30.7 Å². The number of carbonyl (C=O) groups excluding carboxylic acids is 3. The molecular formula is C38H40Cl2N8O9. The number of benzene rings is 4. The second-order valence-electron chi connectivity index (χ2n) is 11.9. The average molecular weight is 824 g/mol. The Kier molecular flexibility index (Phi) is 18.0. The van der Waals surface area contributed by atoms with E-state index in [4.69, 9.17) is 52.4 Å². The van der Waals surface area contributed by atoms with E-state index in [2.05, 4.69) is 31.2 Å². The van der Waals surface area contributed by atoms with Crippen LogP contribution in [0.3, 0.4) is 0 Å². The third kappa shape index (κ3) is 13.6. The van der Waals surface area contributed by atoms with Crippen LogP contribution in [-0.4, -0.2) is 73.5 Å². The molecule has 300 valence electrons. The van der Waals surface area contributed by atoms with Crippen molar-refractivity contribution in [2.45, 2.75) is 52.0 Å². The van der Waals surface area contributed by atoms with Gasteiger partial charge in [0.05, 0.1) is 35.4 Å². The van der Waals surface area contributed by atoms with Gasteiger partial charge in [0.1, 0.15) is 17.5 Å². The van der Waals surface area contributed by atoms with Crippen molar-refractivity contribution in [3.05, 3.63) is 128 Å². The molecule has 0 heterocycles. The Bertz CT molecular complexity index is 2170. The Morgan fingerprint density at radius 2 is 1.11 bits per heavy atom. The number of carbonyl (C=O) groups is 4. The average Bonchev–Trinajstić information content (AvgIpc) is 3.17. The summed E-state index contributed by atoms with van der Waals surface area (Å²) in [5.41, 5.74) is 9.59. The molecule has 0 aliphatic carbocycles. The highest BCUT2D eigenvalue weighted by Gasteiger charge is 2.26. The van der Waals surface area contributed by atoms with E-state index in [0.717, 1.165) is 0 Å². The number of hydrogen-bond acceptors (Lipinski definition) is 11. The Balaban J connectivity index is 0.000000329. The number of halogens is 2. The van der Waals surface area contributed by atoms with Crippen LogP contribution in [0.25, 0.3) is 9.69 Å². The van der Waals surface area contributed by atoms with Gasteiger partial charge in [0.15, 0.2) is 6.04 Å². The first-order valence-corrected chi connectivity index (χ1v) is 17.3. The standard InChI is InChI=1S/C19H19ClN4O4.C12H13ClN2O3.C7H8N2O2/c1-10-14(7-8-15(21-3)16(10)20)22-17(11(2)25)19(28)24-23-18(27)12-5-4-6-13(26)9-12;1-6-8(4-5-9(14-3)10(6)13)15-11(7(2)16)12(17)18;8-9-7(11)5-2-1-3-6(10)4-5/h4-9,11,17,22,25-26H,1-2H3,(H,23,27)(H,24,28);4-5,7,11,15-16H,1-2H3,(H,17,18);1-4,10H,8H2,(H,9,11)/t11-,17-;7-,11?;/m11./s1. The van der Waals surface area contributed by atoms with Crippen LogP contribution in [0, 0.1) is 27.0 Å². The van der Waals surface area contributed by atoms with Crippen molar-refractivity contribution in [1.82, 2.24) is 16.3 Å². The number of hydrogen-bond donors (Lipinski definition) is 11. The summed E-state index contributed by atoms with van der Waals surface area (Å²) in [6.45, 7) is 20.1. The molecule has 12 N–H and O–H groups in total. The molecule has 0 saturated carbocycles. The number of nitrogen functional groups attached to an aromatic ring is 1. The zero-order chi connectivity index (χ0) is 43.0. The molecule has 57 heavy (non-hydrogen) atoms. The largest absolute Gasteiger partial charge is 0.508 e. The molecule has 0 aliphatic rings. The van der Waals surface area contributed by atoms with Gasteiger partial charge in [-0.05, 0) is 87.4 Å². The molecular weight excluding hydrogens is 783 g/mol. The highest BCUT2D eigenvalue weighted by molar-refractivity contribution is 6.35. The first kappa shape index (κ1) is 46.6. The van der Waals surface area contributed by atoms with E-state index in [-0.39, 0.29) is 32.8 Å². The molecule has 4 aromatic rings. The lowest BCUT2D eigenvalue weighted by Gasteiger charge is -2.23. The summed E-state index contributed by atoms with van der Waals surface area (Å²) in [7, 11) is 0. The number of amides is 3. The SMILES string of the molecule is NNC(=O)c1cccc(O)c1.[C-]#[N+]c1ccc(NC(C(=O)O)[C@@H](C)O)c(C)c1Cl.[C-]#[N+]c1ccc(N[C@@H](C(=O)NNC(=O)c2cccc(O)c2)[C@@H](C)O)c(C)c1Cl. The van der Waals surface area contributed by atoms with Gasteiger partial charge in [0, 0.05) is 22.5 Å². The lowest BCUT2D eigenvalue weighted by molar-refractivity contribution is -0.140. The van der Waals surface area contributed by atoms with Crippen LogP contribution in [-0.2, 0) is 9.59 Å². The van der Waals surface area contributed by atoms with Crippen LogP contribution < -0.4 is 32.8 Å². The topological polar surface area (TPSA) is 264 Å². The molecule has 0 spiro atoms. The summed E-state index contributed by atoms with van der Waals surface area (Å²) in [5, 5.41) is 52.8. The van der Waals surface area contributed by atoms with E-state index in [1.807, 2.05) is 5.43 Å².